The van der Waals surface area contributed by atoms with Crippen LogP contribution in [0.2, 0.25) is 0 Å². The first kappa shape index (κ1) is 13.9. The van der Waals surface area contributed by atoms with E-state index in [1.54, 1.807) is 7.05 Å². The Morgan fingerprint density at radius 2 is 2.13 bits per heavy atom. The van der Waals surface area contributed by atoms with E-state index >= 15 is 0 Å². The van der Waals surface area contributed by atoms with Gasteiger partial charge >= 0.3 is 0 Å². The molecule has 3 heteroatoms. The van der Waals surface area contributed by atoms with E-state index in [0.717, 1.165) is 6.42 Å². The van der Waals surface area contributed by atoms with Crippen molar-refractivity contribution in [3.63, 3.8) is 0 Å². The maximum absolute atomic E-state index is 11.4. The molecule has 86 valence electrons. The van der Waals surface area contributed by atoms with E-state index < -0.39 is 0 Å². The molecule has 0 aromatic rings. The molecular weight excluding hydrogens is 190 g/mol. The molecule has 0 bridgehead atoms. The third-order valence-electron chi connectivity index (χ3n) is 2.13. The molecule has 0 aliphatic rings. The Kier molecular flexibility index (Phi) is 7.64. The maximum atomic E-state index is 11.4. The Balaban J connectivity index is 3.83. The van der Waals surface area contributed by atoms with Crippen LogP contribution < -0.4 is 0 Å². The molecule has 0 spiro atoms. The van der Waals surface area contributed by atoms with Crippen LogP contribution in [0.4, 0.5) is 0 Å². The molecule has 1 amide bonds. The SMILES string of the molecule is C/C=C/C=C/C[C@@H](C)CC(=O)N(C)OC. The van der Waals surface area contributed by atoms with Gasteiger partial charge < -0.3 is 0 Å². The molecule has 0 unspecified atom stereocenters. The fourth-order valence-electron chi connectivity index (χ4n) is 1.11. The number of allylic oxidation sites excluding steroid dienone is 4. The number of carbonyl (C=O) groups excluding carboxylic acids is 1. The summed E-state index contributed by atoms with van der Waals surface area (Å²) in [6.45, 7) is 4.03. The summed E-state index contributed by atoms with van der Waals surface area (Å²) in [4.78, 5) is 16.2. The third-order valence-corrected chi connectivity index (χ3v) is 2.13. The average molecular weight is 211 g/mol. The van der Waals surface area contributed by atoms with Gasteiger partial charge in [0.05, 0.1) is 7.11 Å². The molecule has 0 aromatic carbocycles. The predicted molar refractivity (Wildman–Crippen MR) is 62.1 cm³/mol. The zero-order chi connectivity index (χ0) is 11.7. The summed E-state index contributed by atoms with van der Waals surface area (Å²) in [5, 5.41) is 1.27. The van der Waals surface area contributed by atoms with E-state index in [0.29, 0.717) is 12.3 Å². The lowest BCUT2D eigenvalue weighted by atomic mass is 10.0. The summed E-state index contributed by atoms with van der Waals surface area (Å²) in [7, 11) is 3.12. The summed E-state index contributed by atoms with van der Waals surface area (Å²) in [5.74, 6) is 0.362. The molecule has 0 rings (SSSR count). The third kappa shape index (κ3) is 6.91. The number of hydrogen-bond acceptors (Lipinski definition) is 2. The second-order valence-corrected chi connectivity index (χ2v) is 3.57. The number of nitrogens with zero attached hydrogens (tertiary/aromatic N) is 1. The van der Waals surface area contributed by atoms with Crippen molar-refractivity contribution in [2.24, 2.45) is 5.92 Å². The maximum Gasteiger partial charge on any atom is 0.246 e. The van der Waals surface area contributed by atoms with Gasteiger partial charge in [-0.3, -0.25) is 9.63 Å². The van der Waals surface area contributed by atoms with E-state index in [1.165, 1.54) is 12.2 Å². The molecule has 0 aromatic heterocycles. The van der Waals surface area contributed by atoms with Crippen LogP contribution in [0.3, 0.4) is 0 Å². The van der Waals surface area contributed by atoms with Gasteiger partial charge in [-0.05, 0) is 19.3 Å². The molecule has 15 heavy (non-hydrogen) atoms. The van der Waals surface area contributed by atoms with Crippen LogP contribution in [0.15, 0.2) is 24.3 Å². The molecule has 1 atom stereocenters. The fourth-order valence-corrected chi connectivity index (χ4v) is 1.11. The normalized spacial score (nSPS) is 13.6. The number of carbonyl (C=O) groups is 1. The molecule has 0 saturated carbocycles. The molecule has 0 saturated heterocycles. The Bertz CT molecular complexity index is 234. The van der Waals surface area contributed by atoms with Crippen molar-refractivity contribution in [3.05, 3.63) is 24.3 Å². The van der Waals surface area contributed by atoms with Crippen molar-refractivity contribution in [1.82, 2.24) is 5.06 Å². The van der Waals surface area contributed by atoms with E-state index in [9.17, 15) is 4.79 Å². The zero-order valence-electron chi connectivity index (χ0n) is 10.1. The number of rotatable bonds is 6. The summed E-state index contributed by atoms with van der Waals surface area (Å²) in [5.41, 5.74) is 0. The predicted octanol–water partition coefficient (Wildman–Crippen LogP) is 2.55. The second-order valence-electron chi connectivity index (χ2n) is 3.57. The van der Waals surface area contributed by atoms with E-state index in [2.05, 4.69) is 13.0 Å². The van der Waals surface area contributed by atoms with Crippen molar-refractivity contribution in [1.29, 1.82) is 0 Å². The number of hydrogen-bond donors (Lipinski definition) is 0. The van der Waals surface area contributed by atoms with Crippen LogP contribution in [0.5, 0.6) is 0 Å². The lowest BCUT2D eigenvalue weighted by molar-refractivity contribution is -0.169. The van der Waals surface area contributed by atoms with E-state index in [4.69, 9.17) is 4.84 Å². The highest BCUT2D eigenvalue weighted by molar-refractivity contribution is 5.74. The first-order valence-corrected chi connectivity index (χ1v) is 5.20. The molecule has 0 N–H and O–H groups in total. The minimum absolute atomic E-state index is 0.0180. The molecule has 0 radical (unpaired) electrons. The standard InChI is InChI=1S/C12H21NO2/c1-5-6-7-8-9-11(2)10-12(14)13(3)15-4/h5-8,11H,9-10H2,1-4H3/b6-5+,8-7+/t11-/m1/s1. The van der Waals surface area contributed by atoms with Crippen LogP contribution in [-0.2, 0) is 9.63 Å². The van der Waals surface area contributed by atoms with E-state index in [1.807, 2.05) is 25.2 Å². The van der Waals surface area contributed by atoms with E-state index in [-0.39, 0.29) is 5.91 Å². The topological polar surface area (TPSA) is 29.5 Å². The van der Waals surface area contributed by atoms with Crippen LogP contribution >= 0.6 is 0 Å². The van der Waals surface area contributed by atoms with Crippen molar-refractivity contribution in [3.8, 4) is 0 Å². The van der Waals surface area contributed by atoms with Crippen molar-refractivity contribution in [2.75, 3.05) is 14.2 Å². The number of amides is 1. The minimum Gasteiger partial charge on any atom is -0.275 e. The largest absolute Gasteiger partial charge is 0.275 e. The molecular formula is C12H21NO2. The summed E-state index contributed by atoms with van der Waals surface area (Å²) in [6, 6.07) is 0. The van der Waals surface area contributed by atoms with Gasteiger partial charge in [-0.2, -0.15) is 0 Å². The minimum atomic E-state index is 0.0180. The molecule has 3 nitrogen and oxygen atoms in total. The first-order valence-electron chi connectivity index (χ1n) is 5.20. The molecule has 0 fully saturated rings. The Morgan fingerprint density at radius 3 is 2.67 bits per heavy atom. The average Bonchev–Trinajstić information content (AvgIpc) is 2.23. The van der Waals surface area contributed by atoms with Crippen LogP contribution in [0.1, 0.15) is 26.7 Å². The van der Waals surface area contributed by atoms with Crippen molar-refractivity contribution in [2.45, 2.75) is 26.7 Å². The smallest absolute Gasteiger partial charge is 0.246 e. The Morgan fingerprint density at radius 1 is 1.47 bits per heavy atom. The first-order chi connectivity index (χ1) is 7.11. The van der Waals surface area contributed by atoms with Crippen LogP contribution in [-0.4, -0.2) is 25.1 Å². The quantitative estimate of drug-likeness (QED) is 0.499. The van der Waals surface area contributed by atoms with Gasteiger partial charge in [0.2, 0.25) is 5.91 Å². The monoisotopic (exact) mass is 211 g/mol. The summed E-state index contributed by atoms with van der Waals surface area (Å²) in [6.07, 6.45) is 9.46. The van der Waals surface area contributed by atoms with Gasteiger partial charge in [-0.25, -0.2) is 5.06 Å². The lowest BCUT2D eigenvalue weighted by Crippen LogP contribution is -2.26. The highest BCUT2D eigenvalue weighted by atomic mass is 16.7. The molecule has 0 aliphatic carbocycles. The summed E-state index contributed by atoms with van der Waals surface area (Å²) >= 11 is 0. The zero-order valence-corrected chi connectivity index (χ0v) is 10.1. The van der Waals surface area contributed by atoms with Crippen molar-refractivity contribution >= 4 is 5.91 Å². The van der Waals surface area contributed by atoms with Crippen LogP contribution in [0, 0.1) is 5.92 Å². The fraction of sp³-hybridized carbons (Fsp3) is 0.583. The Hall–Kier alpha value is -1.09. The highest BCUT2D eigenvalue weighted by Crippen LogP contribution is 2.10. The Labute approximate surface area is 92.4 Å². The highest BCUT2D eigenvalue weighted by Gasteiger charge is 2.11. The van der Waals surface area contributed by atoms with Gasteiger partial charge in [0.25, 0.3) is 0 Å². The van der Waals surface area contributed by atoms with Gasteiger partial charge in [-0.15, -0.1) is 0 Å². The second kappa shape index (κ2) is 8.24. The van der Waals surface area contributed by atoms with Gasteiger partial charge in [0, 0.05) is 13.5 Å². The van der Waals surface area contributed by atoms with Gasteiger partial charge in [0.1, 0.15) is 0 Å². The number of hydroxylamine groups is 2. The molecule has 0 heterocycles. The lowest BCUT2D eigenvalue weighted by Gasteiger charge is -2.15. The molecule has 0 aliphatic heterocycles. The van der Waals surface area contributed by atoms with Crippen molar-refractivity contribution < 1.29 is 9.63 Å². The van der Waals surface area contributed by atoms with Gasteiger partial charge in [0.15, 0.2) is 0 Å². The van der Waals surface area contributed by atoms with Gasteiger partial charge in [-0.1, -0.05) is 31.2 Å². The summed E-state index contributed by atoms with van der Waals surface area (Å²) < 4.78 is 0. The van der Waals surface area contributed by atoms with Crippen LogP contribution in [0.25, 0.3) is 0 Å².